The van der Waals surface area contributed by atoms with Gasteiger partial charge in [-0.15, -0.1) is 0 Å². The monoisotopic (exact) mass is 288 g/mol. The van der Waals surface area contributed by atoms with E-state index in [2.05, 4.69) is 10.2 Å². The maximum atomic E-state index is 11.4. The highest BCUT2D eigenvalue weighted by molar-refractivity contribution is 7.85. The zero-order valence-corrected chi connectivity index (χ0v) is 12.4. The molecule has 1 saturated carbocycles. The van der Waals surface area contributed by atoms with Crippen LogP contribution < -0.4 is 5.32 Å². The van der Waals surface area contributed by atoms with Crippen molar-refractivity contribution in [2.75, 3.05) is 31.1 Å². The summed E-state index contributed by atoms with van der Waals surface area (Å²) in [6, 6.07) is 0.401. The van der Waals surface area contributed by atoms with Crippen molar-refractivity contribution in [2.45, 2.75) is 44.2 Å². The molecule has 0 amide bonds. The van der Waals surface area contributed by atoms with E-state index in [4.69, 9.17) is 0 Å². The molecule has 0 radical (unpaired) electrons. The second-order valence-corrected chi connectivity index (χ2v) is 7.55. The quantitative estimate of drug-likeness (QED) is 0.711. The summed E-state index contributed by atoms with van der Waals surface area (Å²) in [6.45, 7) is 4.46. The number of carboxylic acids is 1. The predicted octanol–water partition coefficient (Wildman–Crippen LogP) is 0.426. The first-order valence-electron chi connectivity index (χ1n) is 7.08. The van der Waals surface area contributed by atoms with E-state index in [1.807, 2.05) is 0 Å². The van der Waals surface area contributed by atoms with Crippen LogP contribution in [0.1, 0.15) is 32.6 Å². The van der Waals surface area contributed by atoms with Crippen molar-refractivity contribution in [1.29, 1.82) is 0 Å². The molecule has 1 heterocycles. The minimum atomic E-state index is -0.792. The second kappa shape index (κ2) is 6.33. The predicted molar refractivity (Wildman–Crippen MR) is 75.7 cm³/mol. The molecule has 2 rings (SSSR count). The molecular formula is C13H24N2O3S. The smallest absolute Gasteiger partial charge is 0.323 e. The fraction of sp³-hybridized carbons (Fsp3) is 0.923. The summed E-state index contributed by atoms with van der Waals surface area (Å²) in [5, 5.41) is 12.6. The Labute approximate surface area is 117 Å². The Morgan fingerprint density at radius 3 is 2.58 bits per heavy atom. The number of nitrogens with zero attached hydrogens (tertiary/aromatic N) is 1. The normalized spacial score (nSPS) is 25.1. The van der Waals surface area contributed by atoms with Crippen LogP contribution in [0.3, 0.4) is 0 Å². The Morgan fingerprint density at radius 1 is 1.42 bits per heavy atom. The zero-order valence-electron chi connectivity index (χ0n) is 11.6. The van der Waals surface area contributed by atoms with Gasteiger partial charge in [-0.3, -0.25) is 14.3 Å². The zero-order chi connectivity index (χ0) is 13.9. The molecular weight excluding hydrogens is 264 g/mol. The molecule has 2 N–H and O–H groups in total. The number of carbonyl (C=O) groups is 1. The highest BCUT2D eigenvalue weighted by Crippen LogP contribution is 2.25. The summed E-state index contributed by atoms with van der Waals surface area (Å²) < 4.78 is 11.3. The van der Waals surface area contributed by atoms with Crippen LogP contribution in [0.15, 0.2) is 0 Å². The van der Waals surface area contributed by atoms with Crippen LogP contribution in [-0.4, -0.2) is 62.9 Å². The highest BCUT2D eigenvalue weighted by atomic mass is 32.2. The van der Waals surface area contributed by atoms with E-state index in [1.54, 1.807) is 6.92 Å². The van der Waals surface area contributed by atoms with E-state index in [9.17, 15) is 14.1 Å². The average molecular weight is 288 g/mol. The molecule has 6 heteroatoms. The lowest BCUT2D eigenvalue weighted by atomic mass is 9.95. The molecule has 1 aliphatic heterocycles. The van der Waals surface area contributed by atoms with Gasteiger partial charge in [-0.2, -0.15) is 0 Å². The minimum absolute atomic E-state index is 0.401. The molecule has 0 aromatic heterocycles. The Morgan fingerprint density at radius 2 is 2.05 bits per heavy atom. The lowest BCUT2D eigenvalue weighted by Crippen LogP contribution is -2.51. The lowest BCUT2D eigenvalue weighted by molar-refractivity contribution is -0.144. The van der Waals surface area contributed by atoms with Gasteiger partial charge in [0, 0.05) is 41.4 Å². The third kappa shape index (κ3) is 4.54. The van der Waals surface area contributed by atoms with E-state index >= 15 is 0 Å². The van der Waals surface area contributed by atoms with E-state index in [0.717, 1.165) is 50.4 Å². The topological polar surface area (TPSA) is 69.6 Å². The minimum Gasteiger partial charge on any atom is -0.480 e. The van der Waals surface area contributed by atoms with Gasteiger partial charge in [0.2, 0.25) is 0 Å². The fourth-order valence-electron chi connectivity index (χ4n) is 2.47. The molecule has 1 atom stereocenters. The van der Waals surface area contributed by atoms with E-state index in [-0.39, 0.29) is 0 Å². The maximum absolute atomic E-state index is 11.4. The summed E-state index contributed by atoms with van der Waals surface area (Å²) in [6.07, 6.45) is 3.72. The number of rotatable bonds is 7. The largest absolute Gasteiger partial charge is 0.480 e. The first kappa shape index (κ1) is 14.9. The van der Waals surface area contributed by atoms with Crippen LogP contribution in [0.4, 0.5) is 0 Å². The van der Waals surface area contributed by atoms with Crippen LogP contribution in [0.2, 0.25) is 0 Å². The maximum Gasteiger partial charge on any atom is 0.323 e. The third-order valence-corrected chi connectivity index (χ3v) is 5.27. The number of carboxylic acid groups (broad SMARTS) is 1. The van der Waals surface area contributed by atoms with Crippen molar-refractivity contribution in [2.24, 2.45) is 0 Å². The standard InChI is InChI=1S/C13H24N2O3S/c1-13(12(16)17,14-11-3-4-11)5-2-6-15-7-9-19(18)10-8-15/h11,14H,2-10H2,1H3,(H,16,17). The van der Waals surface area contributed by atoms with Crippen molar-refractivity contribution in [1.82, 2.24) is 10.2 Å². The van der Waals surface area contributed by atoms with Gasteiger partial charge in [0.1, 0.15) is 5.54 Å². The first-order chi connectivity index (χ1) is 8.99. The molecule has 1 aliphatic carbocycles. The van der Waals surface area contributed by atoms with Crippen LogP contribution in [-0.2, 0) is 15.6 Å². The number of hydrogen-bond acceptors (Lipinski definition) is 4. The van der Waals surface area contributed by atoms with Crippen molar-refractivity contribution in [3.05, 3.63) is 0 Å². The van der Waals surface area contributed by atoms with Gasteiger partial charge in [-0.1, -0.05) is 0 Å². The van der Waals surface area contributed by atoms with Crippen molar-refractivity contribution < 1.29 is 14.1 Å². The van der Waals surface area contributed by atoms with Crippen molar-refractivity contribution in [3.8, 4) is 0 Å². The lowest BCUT2D eigenvalue weighted by Gasteiger charge is -2.29. The molecule has 0 aromatic carbocycles. The van der Waals surface area contributed by atoms with Crippen LogP contribution in [0, 0.1) is 0 Å². The molecule has 2 fully saturated rings. The van der Waals surface area contributed by atoms with Gasteiger partial charge in [-0.05, 0) is 39.2 Å². The molecule has 5 nitrogen and oxygen atoms in total. The second-order valence-electron chi connectivity index (χ2n) is 5.85. The number of aliphatic carboxylic acids is 1. The molecule has 1 saturated heterocycles. The van der Waals surface area contributed by atoms with E-state index in [0.29, 0.717) is 12.5 Å². The molecule has 2 aliphatic rings. The van der Waals surface area contributed by atoms with Gasteiger partial charge < -0.3 is 10.0 Å². The SMILES string of the molecule is CC(CCCN1CCS(=O)CC1)(NC1CC1)C(=O)O. The van der Waals surface area contributed by atoms with Crippen LogP contribution >= 0.6 is 0 Å². The van der Waals surface area contributed by atoms with Gasteiger partial charge in [0.25, 0.3) is 0 Å². The molecule has 0 aromatic rings. The van der Waals surface area contributed by atoms with Gasteiger partial charge in [0.15, 0.2) is 0 Å². The summed E-state index contributed by atoms with van der Waals surface area (Å²) in [7, 11) is -0.639. The van der Waals surface area contributed by atoms with Crippen LogP contribution in [0.25, 0.3) is 0 Å². The number of hydrogen-bond donors (Lipinski definition) is 2. The summed E-state index contributed by atoms with van der Waals surface area (Å²) in [4.78, 5) is 13.7. The fourth-order valence-corrected chi connectivity index (χ4v) is 3.60. The average Bonchev–Trinajstić information content (AvgIpc) is 3.15. The number of nitrogens with one attached hydrogen (secondary N) is 1. The van der Waals surface area contributed by atoms with Crippen LogP contribution in [0.5, 0.6) is 0 Å². The van der Waals surface area contributed by atoms with Gasteiger partial charge >= 0.3 is 5.97 Å². The molecule has 0 bridgehead atoms. The van der Waals surface area contributed by atoms with E-state index < -0.39 is 22.3 Å². The Hall–Kier alpha value is -0.460. The Kier molecular flexibility index (Phi) is 4.97. The molecule has 1 unspecified atom stereocenters. The van der Waals surface area contributed by atoms with Gasteiger partial charge in [0.05, 0.1) is 0 Å². The first-order valence-corrected chi connectivity index (χ1v) is 8.57. The molecule has 0 spiro atoms. The van der Waals surface area contributed by atoms with Crippen molar-refractivity contribution in [3.63, 3.8) is 0 Å². The Balaban J connectivity index is 1.72. The Bertz CT molecular complexity index is 350. The summed E-state index contributed by atoms with van der Waals surface area (Å²) in [5.41, 5.74) is -0.792. The summed E-state index contributed by atoms with van der Waals surface area (Å²) >= 11 is 0. The van der Waals surface area contributed by atoms with Crippen molar-refractivity contribution >= 4 is 16.8 Å². The molecule has 19 heavy (non-hydrogen) atoms. The molecule has 110 valence electrons. The highest BCUT2D eigenvalue weighted by Gasteiger charge is 2.38. The summed E-state index contributed by atoms with van der Waals surface area (Å²) in [5.74, 6) is 0.770. The van der Waals surface area contributed by atoms with E-state index in [1.165, 1.54) is 0 Å². The van der Waals surface area contributed by atoms with Gasteiger partial charge in [-0.25, -0.2) is 0 Å². The third-order valence-electron chi connectivity index (χ3n) is 3.99.